The summed E-state index contributed by atoms with van der Waals surface area (Å²) in [5.74, 6) is -1.04. The molecule has 2 bridgehead atoms. The van der Waals surface area contributed by atoms with E-state index in [0.717, 1.165) is 6.42 Å². The molecule has 0 spiro atoms. The Morgan fingerprint density at radius 2 is 2.50 bits per heavy atom. The van der Waals surface area contributed by atoms with Gasteiger partial charge in [-0.05, 0) is 36.3 Å². The maximum atomic E-state index is 12.4. The molecule has 1 saturated heterocycles. The number of hydrogen-bond acceptors (Lipinski definition) is 5. The van der Waals surface area contributed by atoms with E-state index in [1.54, 1.807) is 0 Å². The Labute approximate surface area is 116 Å². The van der Waals surface area contributed by atoms with Crippen molar-refractivity contribution in [3.63, 3.8) is 0 Å². The Morgan fingerprint density at radius 3 is 3.20 bits per heavy atom. The van der Waals surface area contributed by atoms with Gasteiger partial charge in [-0.15, -0.1) is 0 Å². The summed E-state index contributed by atoms with van der Waals surface area (Å²) in [7, 11) is 1.27. The van der Waals surface area contributed by atoms with Crippen molar-refractivity contribution in [2.45, 2.75) is 12.8 Å². The lowest BCUT2D eigenvalue weighted by molar-refractivity contribution is -0.166. The van der Waals surface area contributed by atoms with Crippen molar-refractivity contribution in [3.8, 4) is 0 Å². The zero-order valence-electron chi connectivity index (χ0n) is 11.3. The normalized spacial score (nSPS) is 32.1. The molecule has 0 amide bonds. The summed E-state index contributed by atoms with van der Waals surface area (Å²) in [5.41, 5.74) is 7.09. The molecule has 2 rings (SSSR count). The Bertz CT molecular complexity index is 484. The molecule has 1 aliphatic heterocycles. The Balaban J connectivity index is 2.40. The summed E-state index contributed by atoms with van der Waals surface area (Å²) in [6.45, 7) is 0.775. The van der Waals surface area contributed by atoms with Crippen molar-refractivity contribution in [2.75, 3.05) is 26.9 Å². The highest BCUT2D eigenvalue weighted by Crippen LogP contribution is 2.45. The molecule has 1 heterocycles. The quantitative estimate of drug-likeness (QED) is 0.256. The van der Waals surface area contributed by atoms with Crippen LogP contribution in [0.1, 0.15) is 12.8 Å². The molecule has 3 atom stereocenters. The first-order valence-electron chi connectivity index (χ1n) is 6.56. The highest BCUT2D eigenvalue weighted by Gasteiger charge is 2.56. The van der Waals surface area contributed by atoms with Crippen molar-refractivity contribution in [3.05, 3.63) is 22.6 Å². The summed E-state index contributed by atoms with van der Waals surface area (Å²) in [4.78, 5) is 27.3. The van der Waals surface area contributed by atoms with Gasteiger partial charge in [0.1, 0.15) is 0 Å². The third-order valence-corrected chi connectivity index (χ3v) is 4.16. The predicted molar refractivity (Wildman–Crippen MR) is 69.6 cm³/mol. The molecule has 2 aliphatic rings. The standard InChI is InChI=1S/C13H17N3O4/c1-19-12(18)13-8-20-7-5-9(2-3-11(13)17)10(13)4-6-15-16-14/h2-3,9-10H,4-8H2,1H3. The van der Waals surface area contributed by atoms with Gasteiger partial charge in [0.15, 0.2) is 11.2 Å². The number of fused-ring (bicyclic) bond motifs is 2. The van der Waals surface area contributed by atoms with E-state index in [-0.39, 0.29) is 30.8 Å². The molecule has 0 N–H and O–H groups in total. The van der Waals surface area contributed by atoms with E-state index in [2.05, 4.69) is 10.0 Å². The third kappa shape index (κ3) is 2.30. The highest BCUT2D eigenvalue weighted by molar-refractivity contribution is 6.10. The second kappa shape index (κ2) is 6.07. The average Bonchev–Trinajstić information content (AvgIpc) is 2.59. The molecule has 1 fully saturated rings. The predicted octanol–water partition coefficient (Wildman–Crippen LogP) is 1.64. The number of hydrogen-bond donors (Lipinski definition) is 0. The number of azide groups is 1. The summed E-state index contributed by atoms with van der Waals surface area (Å²) < 4.78 is 10.3. The van der Waals surface area contributed by atoms with E-state index < -0.39 is 11.4 Å². The fourth-order valence-corrected chi connectivity index (χ4v) is 3.17. The number of esters is 1. The van der Waals surface area contributed by atoms with Crippen molar-refractivity contribution in [1.82, 2.24) is 0 Å². The number of rotatable bonds is 4. The Hall–Kier alpha value is -1.85. The van der Waals surface area contributed by atoms with Crippen LogP contribution in [0, 0.1) is 17.3 Å². The minimum atomic E-state index is -1.30. The molecule has 20 heavy (non-hydrogen) atoms. The van der Waals surface area contributed by atoms with Crippen LogP contribution in [0.15, 0.2) is 17.3 Å². The molecule has 0 aromatic heterocycles. The van der Waals surface area contributed by atoms with E-state index in [1.807, 2.05) is 6.08 Å². The van der Waals surface area contributed by atoms with Crippen molar-refractivity contribution in [1.29, 1.82) is 0 Å². The first-order chi connectivity index (χ1) is 9.66. The molecule has 1 aliphatic carbocycles. The van der Waals surface area contributed by atoms with Crippen LogP contribution in [-0.2, 0) is 19.1 Å². The van der Waals surface area contributed by atoms with Crippen LogP contribution in [0.4, 0.5) is 0 Å². The smallest absolute Gasteiger partial charge is 0.322 e. The largest absolute Gasteiger partial charge is 0.468 e. The van der Waals surface area contributed by atoms with Crippen LogP contribution in [0.3, 0.4) is 0 Å². The van der Waals surface area contributed by atoms with E-state index in [4.69, 9.17) is 15.0 Å². The van der Waals surface area contributed by atoms with Gasteiger partial charge in [-0.25, -0.2) is 0 Å². The highest BCUT2D eigenvalue weighted by atomic mass is 16.5. The molecule has 7 nitrogen and oxygen atoms in total. The third-order valence-electron chi connectivity index (χ3n) is 4.16. The molecular formula is C13H17N3O4. The van der Waals surface area contributed by atoms with Gasteiger partial charge in [0.05, 0.1) is 13.7 Å². The first-order valence-corrected chi connectivity index (χ1v) is 6.56. The second-order valence-electron chi connectivity index (χ2n) is 5.04. The van der Waals surface area contributed by atoms with Crippen LogP contribution in [0.25, 0.3) is 10.4 Å². The summed E-state index contributed by atoms with van der Waals surface area (Å²) >= 11 is 0. The van der Waals surface area contributed by atoms with E-state index in [0.29, 0.717) is 13.0 Å². The van der Waals surface area contributed by atoms with Crippen LogP contribution >= 0.6 is 0 Å². The maximum Gasteiger partial charge on any atom is 0.322 e. The molecule has 3 unspecified atom stereocenters. The number of nitrogens with zero attached hydrogens (tertiary/aromatic N) is 3. The Kier molecular flexibility index (Phi) is 4.42. The van der Waals surface area contributed by atoms with Gasteiger partial charge in [0.2, 0.25) is 0 Å². The molecule has 0 aromatic carbocycles. The van der Waals surface area contributed by atoms with Crippen LogP contribution in [0.2, 0.25) is 0 Å². The van der Waals surface area contributed by atoms with Gasteiger partial charge < -0.3 is 9.47 Å². The van der Waals surface area contributed by atoms with Gasteiger partial charge in [0, 0.05) is 18.1 Å². The zero-order chi connectivity index (χ0) is 14.6. The average molecular weight is 279 g/mol. The summed E-state index contributed by atoms with van der Waals surface area (Å²) in [5, 5.41) is 3.52. The van der Waals surface area contributed by atoms with E-state index >= 15 is 0 Å². The SMILES string of the molecule is COC(=O)C12COCCC(C=CC1=O)C2CCN=[N+]=[N-]. The van der Waals surface area contributed by atoms with Gasteiger partial charge in [-0.2, -0.15) is 0 Å². The molecule has 0 radical (unpaired) electrons. The van der Waals surface area contributed by atoms with Gasteiger partial charge in [-0.3, -0.25) is 9.59 Å². The minimum Gasteiger partial charge on any atom is -0.468 e. The number of ketones is 1. The van der Waals surface area contributed by atoms with Gasteiger partial charge >= 0.3 is 5.97 Å². The number of carbonyl (C=O) groups excluding carboxylic acids is 2. The maximum absolute atomic E-state index is 12.4. The first kappa shape index (κ1) is 14.6. The number of methoxy groups -OCH3 is 1. The van der Waals surface area contributed by atoms with Crippen LogP contribution < -0.4 is 0 Å². The monoisotopic (exact) mass is 279 g/mol. The molecule has 0 aromatic rings. The van der Waals surface area contributed by atoms with Crippen molar-refractivity contribution < 1.29 is 19.1 Å². The Morgan fingerprint density at radius 1 is 1.70 bits per heavy atom. The van der Waals surface area contributed by atoms with Gasteiger partial charge in [0.25, 0.3) is 0 Å². The summed E-state index contributed by atoms with van der Waals surface area (Å²) in [6.07, 6.45) is 4.49. The van der Waals surface area contributed by atoms with E-state index in [1.165, 1.54) is 13.2 Å². The van der Waals surface area contributed by atoms with Crippen LogP contribution in [0.5, 0.6) is 0 Å². The lowest BCUT2D eigenvalue weighted by atomic mass is 9.62. The number of allylic oxidation sites excluding steroid dienone is 2. The van der Waals surface area contributed by atoms with Crippen molar-refractivity contribution >= 4 is 11.8 Å². The fraction of sp³-hybridized carbons (Fsp3) is 0.692. The molecular weight excluding hydrogens is 262 g/mol. The lowest BCUT2D eigenvalue weighted by Crippen LogP contribution is -2.52. The summed E-state index contributed by atoms with van der Waals surface area (Å²) in [6, 6.07) is 0. The molecule has 0 saturated carbocycles. The topological polar surface area (TPSA) is 101 Å². The number of carbonyl (C=O) groups is 2. The second-order valence-corrected chi connectivity index (χ2v) is 5.04. The van der Waals surface area contributed by atoms with Crippen LogP contribution in [-0.4, -0.2) is 38.6 Å². The minimum absolute atomic E-state index is 0.0281. The lowest BCUT2D eigenvalue weighted by Gasteiger charge is -2.39. The fourth-order valence-electron chi connectivity index (χ4n) is 3.17. The molecule has 7 heteroatoms. The zero-order valence-corrected chi connectivity index (χ0v) is 11.3. The molecule has 108 valence electrons. The number of ether oxygens (including phenoxy) is 2. The van der Waals surface area contributed by atoms with E-state index in [9.17, 15) is 9.59 Å². The van der Waals surface area contributed by atoms with Gasteiger partial charge in [-0.1, -0.05) is 11.2 Å². The van der Waals surface area contributed by atoms with Crippen molar-refractivity contribution in [2.24, 2.45) is 22.4 Å².